The maximum Gasteiger partial charge on any atom is 0.225 e. The van der Waals surface area contributed by atoms with Crippen LogP contribution in [0.15, 0.2) is 65.8 Å². The van der Waals surface area contributed by atoms with Gasteiger partial charge in [-0.05, 0) is 42.0 Å². The molecule has 1 unspecified atom stereocenters. The molecule has 168 valence electrons. The van der Waals surface area contributed by atoms with E-state index in [0.29, 0.717) is 31.9 Å². The first-order valence-electron chi connectivity index (χ1n) is 10.3. The van der Waals surface area contributed by atoms with Crippen molar-refractivity contribution in [3.05, 3.63) is 77.9 Å². The Labute approximate surface area is 203 Å². The van der Waals surface area contributed by atoms with Crippen molar-refractivity contribution in [3.63, 3.8) is 0 Å². The van der Waals surface area contributed by atoms with Crippen LogP contribution in [0.1, 0.15) is 23.6 Å². The van der Waals surface area contributed by atoms with Crippen LogP contribution in [0.5, 0.6) is 0 Å². The lowest BCUT2D eigenvalue weighted by Crippen LogP contribution is -2.41. The molecule has 0 bridgehead atoms. The number of nitrogens with zero attached hydrogens (tertiary/aromatic N) is 3. The van der Waals surface area contributed by atoms with Crippen LogP contribution in [0.3, 0.4) is 0 Å². The van der Waals surface area contributed by atoms with E-state index in [2.05, 4.69) is 32.1 Å². The molecule has 32 heavy (non-hydrogen) atoms. The number of amides is 1. The van der Waals surface area contributed by atoms with Crippen LogP contribution < -0.4 is 16.0 Å². The molecule has 2 aromatic carbocycles. The minimum Gasteiger partial charge on any atom is -0.356 e. The lowest BCUT2D eigenvalue weighted by molar-refractivity contribution is -0.116. The number of hydrogen-bond donors (Lipinski definition) is 3. The van der Waals surface area contributed by atoms with Gasteiger partial charge in [0.05, 0.1) is 11.4 Å². The van der Waals surface area contributed by atoms with Crippen molar-refractivity contribution >= 4 is 41.5 Å². The Morgan fingerprint density at radius 1 is 1.19 bits per heavy atom. The van der Waals surface area contributed by atoms with Gasteiger partial charge < -0.3 is 16.0 Å². The van der Waals surface area contributed by atoms with Gasteiger partial charge in [0.25, 0.3) is 0 Å². The Kier molecular flexibility index (Phi) is 8.20. The van der Waals surface area contributed by atoms with Crippen LogP contribution in [0.2, 0.25) is 0 Å². The summed E-state index contributed by atoms with van der Waals surface area (Å²) >= 11 is 0. The Morgan fingerprint density at radius 2 is 1.97 bits per heavy atom. The normalized spacial score (nSPS) is 15.4. The average molecular weight is 548 g/mol. The second-order valence-corrected chi connectivity index (χ2v) is 7.39. The molecule has 1 aliphatic heterocycles. The van der Waals surface area contributed by atoms with Crippen molar-refractivity contribution in [2.24, 2.45) is 4.99 Å². The molecule has 4 rings (SSSR count). The summed E-state index contributed by atoms with van der Waals surface area (Å²) in [7, 11) is 1.72. The topological polar surface area (TPSA) is 83.3 Å². The lowest BCUT2D eigenvalue weighted by atomic mass is 9.90. The molecule has 3 N–H and O–H groups in total. The second kappa shape index (κ2) is 11.1. The van der Waals surface area contributed by atoms with Crippen molar-refractivity contribution < 1.29 is 9.18 Å². The number of para-hydroxylation sites is 1. The van der Waals surface area contributed by atoms with Gasteiger partial charge in [-0.3, -0.25) is 9.79 Å². The van der Waals surface area contributed by atoms with Gasteiger partial charge in [0.2, 0.25) is 5.91 Å². The summed E-state index contributed by atoms with van der Waals surface area (Å²) in [5.74, 6) is 0.540. The second-order valence-electron chi connectivity index (χ2n) is 7.39. The summed E-state index contributed by atoms with van der Waals surface area (Å²) in [4.78, 5) is 16.3. The first-order valence-corrected chi connectivity index (χ1v) is 10.3. The number of fused-ring (bicyclic) bond motifs is 1. The summed E-state index contributed by atoms with van der Waals surface area (Å²) in [6, 6.07) is 16.1. The predicted octanol–water partition coefficient (Wildman–Crippen LogP) is 3.46. The molecule has 2 heterocycles. The maximum absolute atomic E-state index is 13.1. The minimum atomic E-state index is -0.267. The molecule has 0 radical (unpaired) electrons. The largest absolute Gasteiger partial charge is 0.356 e. The van der Waals surface area contributed by atoms with Gasteiger partial charge in [0.15, 0.2) is 5.96 Å². The highest BCUT2D eigenvalue weighted by atomic mass is 127. The first-order chi connectivity index (χ1) is 15.1. The fourth-order valence-electron chi connectivity index (χ4n) is 3.67. The highest BCUT2D eigenvalue weighted by molar-refractivity contribution is 14.0. The molecule has 0 saturated heterocycles. The molecule has 1 amide bonds. The van der Waals surface area contributed by atoms with Gasteiger partial charge >= 0.3 is 0 Å². The number of carbonyl (C=O) groups is 1. The Morgan fingerprint density at radius 3 is 2.75 bits per heavy atom. The molecule has 0 saturated carbocycles. The molecule has 7 nitrogen and oxygen atoms in total. The van der Waals surface area contributed by atoms with Gasteiger partial charge in [0, 0.05) is 50.8 Å². The fraction of sp³-hybridized carbons (Fsp3) is 0.261. The van der Waals surface area contributed by atoms with E-state index in [1.807, 2.05) is 30.5 Å². The monoisotopic (exact) mass is 548 g/mol. The minimum absolute atomic E-state index is 0. The van der Waals surface area contributed by atoms with Crippen molar-refractivity contribution in [1.82, 2.24) is 20.4 Å². The van der Waals surface area contributed by atoms with Crippen LogP contribution in [-0.4, -0.2) is 41.8 Å². The standard InChI is InChI=1S/C23H25FN6O.HI/c1-25-23(27-15-16-14-22(31)28-21-5-3-2-4-20(16)21)26-12-10-18-11-13-30(29-18)19-8-6-17(24)7-9-19;/h2-9,11,13,16H,10,12,14-15H2,1H3,(H,28,31)(H2,25,26,27);1H. The molecule has 0 fully saturated rings. The number of halogens is 2. The van der Waals surface area contributed by atoms with Crippen molar-refractivity contribution in [2.45, 2.75) is 18.8 Å². The number of rotatable bonds is 6. The maximum atomic E-state index is 13.1. The van der Waals surface area contributed by atoms with E-state index in [1.165, 1.54) is 12.1 Å². The fourth-order valence-corrected chi connectivity index (χ4v) is 3.67. The van der Waals surface area contributed by atoms with Gasteiger partial charge in [-0.2, -0.15) is 5.10 Å². The smallest absolute Gasteiger partial charge is 0.225 e. The molecular formula is C23H26FIN6O. The number of anilines is 1. The van der Waals surface area contributed by atoms with Gasteiger partial charge in [-0.15, -0.1) is 24.0 Å². The summed E-state index contributed by atoms with van der Waals surface area (Å²) in [6.45, 7) is 1.27. The number of aromatic nitrogens is 2. The zero-order valence-corrected chi connectivity index (χ0v) is 20.0. The third kappa shape index (κ3) is 5.84. The van der Waals surface area contributed by atoms with Gasteiger partial charge in [-0.25, -0.2) is 9.07 Å². The molecule has 0 aliphatic carbocycles. The average Bonchev–Trinajstić information content (AvgIpc) is 3.25. The number of guanidine groups is 1. The summed E-state index contributed by atoms with van der Waals surface area (Å²) in [5.41, 5.74) is 3.75. The van der Waals surface area contributed by atoms with E-state index in [1.54, 1.807) is 23.9 Å². The van der Waals surface area contributed by atoms with Crippen molar-refractivity contribution in [2.75, 3.05) is 25.5 Å². The van der Waals surface area contributed by atoms with Gasteiger partial charge in [-0.1, -0.05) is 18.2 Å². The van der Waals surface area contributed by atoms with E-state index in [-0.39, 0.29) is 41.6 Å². The molecule has 1 aromatic heterocycles. The molecular weight excluding hydrogens is 522 g/mol. The third-order valence-corrected chi connectivity index (χ3v) is 5.26. The molecule has 0 spiro atoms. The van der Waals surface area contributed by atoms with Crippen LogP contribution in [0.25, 0.3) is 5.69 Å². The SMILES string of the molecule is CN=C(NCCc1ccn(-c2ccc(F)cc2)n1)NCC1CC(=O)Nc2ccccc21.I. The van der Waals surface area contributed by atoms with Crippen LogP contribution in [-0.2, 0) is 11.2 Å². The number of nitrogens with one attached hydrogen (secondary N) is 3. The molecule has 3 aromatic rings. The number of hydrogen-bond acceptors (Lipinski definition) is 3. The first kappa shape index (κ1) is 23.7. The zero-order valence-electron chi connectivity index (χ0n) is 17.7. The summed E-state index contributed by atoms with van der Waals surface area (Å²) in [6.07, 6.45) is 3.02. The van der Waals surface area contributed by atoms with E-state index in [4.69, 9.17) is 0 Å². The lowest BCUT2D eigenvalue weighted by Gasteiger charge is -2.26. The Balaban J connectivity index is 0.00000289. The van der Waals surface area contributed by atoms with Crippen LogP contribution in [0.4, 0.5) is 10.1 Å². The summed E-state index contributed by atoms with van der Waals surface area (Å²) in [5, 5.41) is 14.1. The van der Waals surface area contributed by atoms with E-state index in [9.17, 15) is 9.18 Å². The number of carbonyl (C=O) groups excluding carboxylic acids is 1. The highest BCUT2D eigenvalue weighted by Gasteiger charge is 2.24. The Bertz CT molecular complexity index is 1080. The number of aliphatic imine (C=N–C) groups is 1. The zero-order chi connectivity index (χ0) is 21.6. The Hall–Kier alpha value is -2.95. The third-order valence-electron chi connectivity index (χ3n) is 5.26. The van der Waals surface area contributed by atoms with E-state index in [0.717, 1.165) is 22.6 Å². The summed E-state index contributed by atoms with van der Waals surface area (Å²) < 4.78 is 14.8. The van der Waals surface area contributed by atoms with Gasteiger partial charge in [0.1, 0.15) is 5.82 Å². The molecule has 9 heteroatoms. The van der Waals surface area contributed by atoms with E-state index < -0.39 is 0 Å². The highest BCUT2D eigenvalue weighted by Crippen LogP contribution is 2.31. The van der Waals surface area contributed by atoms with E-state index >= 15 is 0 Å². The van der Waals surface area contributed by atoms with Crippen molar-refractivity contribution in [3.8, 4) is 5.69 Å². The molecule has 1 aliphatic rings. The predicted molar refractivity (Wildman–Crippen MR) is 134 cm³/mol. The van der Waals surface area contributed by atoms with Crippen LogP contribution >= 0.6 is 24.0 Å². The molecule has 1 atom stereocenters. The number of benzene rings is 2. The van der Waals surface area contributed by atoms with Crippen molar-refractivity contribution in [1.29, 1.82) is 0 Å². The quantitative estimate of drug-likeness (QED) is 0.251. The van der Waals surface area contributed by atoms with Crippen LogP contribution in [0, 0.1) is 5.82 Å².